The third kappa shape index (κ3) is 5.04. The molecule has 0 aliphatic heterocycles. The molecule has 0 aliphatic carbocycles. The largest absolute Gasteiger partial charge is 0.452 e. The van der Waals surface area contributed by atoms with Gasteiger partial charge in [-0.1, -0.05) is 54.6 Å². The van der Waals surface area contributed by atoms with Crippen LogP contribution in [0.15, 0.2) is 72.8 Å². The number of hydrogen-bond donors (Lipinski definition) is 1. The first-order chi connectivity index (χ1) is 13.5. The maximum Gasteiger partial charge on any atom is 0.331 e. The smallest absolute Gasteiger partial charge is 0.331 e. The molecule has 0 unspecified atom stereocenters. The van der Waals surface area contributed by atoms with Crippen LogP contribution >= 0.6 is 0 Å². The monoisotopic (exact) mass is 377 g/mol. The fourth-order valence-electron chi connectivity index (χ4n) is 2.95. The number of carbonyl (C=O) groups is 2. The predicted octanol–water partition coefficient (Wildman–Crippen LogP) is 4.41. The topological polar surface area (TPSA) is 55.4 Å². The zero-order valence-corrected chi connectivity index (χ0v) is 15.4. The lowest BCUT2D eigenvalue weighted by atomic mass is 10.00. The normalized spacial score (nSPS) is 12.1. The van der Waals surface area contributed by atoms with E-state index in [1.165, 1.54) is 18.2 Å². The second kappa shape index (κ2) is 8.95. The lowest BCUT2D eigenvalue weighted by Gasteiger charge is -2.16. The number of nitrogens with one attached hydrogen (secondary N) is 1. The summed E-state index contributed by atoms with van der Waals surface area (Å²) in [6.07, 6.45) is 2.60. The minimum absolute atomic E-state index is 0.236. The summed E-state index contributed by atoms with van der Waals surface area (Å²) in [5, 5.41) is 4.99. The van der Waals surface area contributed by atoms with Crippen molar-refractivity contribution in [1.29, 1.82) is 0 Å². The van der Waals surface area contributed by atoms with Gasteiger partial charge in [0.2, 0.25) is 0 Å². The van der Waals surface area contributed by atoms with E-state index < -0.39 is 17.7 Å². The molecule has 3 aromatic carbocycles. The van der Waals surface area contributed by atoms with E-state index in [0.717, 1.165) is 22.4 Å². The Labute approximate surface area is 162 Å². The molecule has 0 aliphatic rings. The van der Waals surface area contributed by atoms with Crippen LogP contribution in [0.1, 0.15) is 24.1 Å². The molecule has 0 heterocycles. The minimum atomic E-state index is -0.669. The summed E-state index contributed by atoms with van der Waals surface area (Å²) >= 11 is 0. The summed E-state index contributed by atoms with van der Waals surface area (Å²) in [5.74, 6) is -1.46. The number of amides is 1. The van der Waals surface area contributed by atoms with Gasteiger partial charge in [0.05, 0.1) is 6.04 Å². The van der Waals surface area contributed by atoms with Crippen molar-refractivity contribution in [3.8, 4) is 0 Å². The summed E-state index contributed by atoms with van der Waals surface area (Å²) in [6.45, 7) is 1.49. The molecule has 0 radical (unpaired) electrons. The van der Waals surface area contributed by atoms with Crippen LogP contribution in [0.25, 0.3) is 16.8 Å². The molecule has 28 heavy (non-hydrogen) atoms. The number of benzene rings is 3. The van der Waals surface area contributed by atoms with E-state index in [4.69, 9.17) is 4.74 Å². The Morgan fingerprint density at radius 2 is 1.82 bits per heavy atom. The van der Waals surface area contributed by atoms with Crippen molar-refractivity contribution in [3.05, 3.63) is 89.8 Å². The van der Waals surface area contributed by atoms with E-state index in [-0.39, 0.29) is 12.6 Å². The van der Waals surface area contributed by atoms with Gasteiger partial charge in [0, 0.05) is 6.08 Å². The molecular weight excluding hydrogens is 357 g/mol. The highest BCUT2D eigenvalue weighted by molar-refractivity contribution is 5.90. The van der Waals surface area contributed by atoms with E-state index in [0.29, 0.717) is 5.56 Å². The average Bonchev–Trinajstić information content (AvgIpc) is 2.70. The quantitative estimate of drug-likeness (QED) is 0.511. The lowest BCUT2D eigenvalue weighted by molar-refractivity contribution is -0.144. The summed E-state index contributed by atoms with van der Waals surface area (Å²) in [5.41, 5.74) is 1.52. The van der Waals surface area contributed by atoms with Gasteiger partial charge in [-0.3, -0.25) is 4.79 Å². The van der Waals surface area contributed by atoms with Crippen LogP contribution < -0.4 is 5.32 Å². The fraction of sp³-hybridized carbons (Fsp3) is 0.130. The van der Waals surface area contributed by atoms with Crippen molar-refractivity contribution < 1.29 is 18.7 Å². The number of esters is 1. The third-order valence-corrected chi connectivity index (χ3v) is 4.27. The van der Waals surface area contributed by atoms with Crippen molar-refractivity contribution in [1.82, 2.24) is 5.32 Å². The first kappa shape index (κ1) is 19.3. The molecule has 0 aromatic heterocycles. The van der Waals surface area contributed by atoms with Gasteiger partial charge >= 0.3 is 5.97 Å². The Morgan fingerprint density at radius 3 is 2.64 bits per heavy atom. The van der Waals surface area contributed by atoms with E-state index >= 15 is 0 Å². The summed E-state index contributed by atoms with van der Waals surface area (Å²) < 4.78 is 18.0. The number of rotatable bonds is 6. The maximum atomic E-state index is 13.1. The van der Waals surface area contributed by atoms with E-state index in [1.54, 1.807) is 12.1 Å². The zero-order valence-electron chi connectivity index (χ0n) is 15.4. The Kier molecular flexibility index (Phi) is 6.17. The molecule has 0 bridgehead atoms. The predicted molar refractivity (Wildman–Crippen MR) is 107 cm³/mol. The molecular formula is C23H20FNO3. The van der Waals surface area contributed by atoms with Crippen molar-refractivity contribution in [2.45, 2.75) is 13.0 Å². The Hall–Kier alpha value is -3.47. The summed E-state index contributed by atoms with van der Waals surface area (Å²) in [7, 11) is 0. The van der Waals surface area contributed by atoms with Gasteiger partial charge in [0.25, 0.3) is 5.91 Å². The molecule has 1 amide bonds. The number of fused-ring (bicyclic) bond motifs is 1. The van der Waals surface area contributed by atoms with E-state index in [2.05, 4.69) is 5.32 Å². The minimum Gasteiger partial charge on any atom is -0.452 e. The third-order valence-electron chi connectivity index (χ3n) is 4.27. The first-order valence-corrected chi connectivity index (χ1v) is 8.90. The molecule has 1 N–H and O–H groups in total. The summed E-state index contributed by atoms with van der Waals surface area (Å²) in [4.78, 5) is 23.9. The molecule has 0 spiro atoms. The molecule has 142 valence electrons. The number of carbonyl (C=O) groups excluding carboxylic acids is 2. The number of halogens is 1. The van der Waals surface area contributed by atoms with Gasteiger partial charge < -0.3 is 10.1 Å². The van der Waals surface area contributed by atoms with Crippen LogP contribution in [0.5, 0.6) is 0 Å². The van der Waals surface area contributed by atoms with E-state index in [1.807, 2.05) is 49.4 Å². The first-order valence-electron chi connectivity index (χ1n) is 8.90. The highest BCUT2D eigenvalue weighted by atomic mass is 19.1. The Balaban J connectivity index is 1.54. The van der Waals surface area contributed by atoms with Crippen LogP contribution in [0.2, 0.25) is 0 Å². The van der Waals surface area contributed by atoms with Crippen LogP contribution in [0, 0.1) is 5.82 Å². The van der Waals surface area contributed by atoms with Crippen molar-refractivity contribution in [3.63, 3.8) is 0 Å². The van der Waals surface area contributed by atoms with Crippen LogP contribution in [-0.2, 0) is 14.3 Å². The van der Waals surface area contributed by atoms with Crippen LogP contribution in [0.4, 0.5) is 4.39 Å². The molecule has 0 fully saturated rings. The van der Waals surface area contributed by atoms with Gasteiger partial charge in [-0.25, -0.2) is 9.18 Å². The van der Waals surface area contributed by atoms with E-state index in [9.17, 15) is 14.0 Å². The standard InChI is InChI=1S/C23H20FNO3/c1-16(20-11-5-8-18-7-2-3-10-21(18)20)25-22(26)15-28-23(27)13-12-17-6-4-9-19(24)14-17/h2-14,16H,15H2,1H3,(H,25,26)/b13-12+/t16-/m0/s1. The molecule has 5 heteroatoms. The number of ether oxygens (including phenoxy) is 1. The lowest BCUT2D eigenvalue weighted by Crippen LogP contribution is -2.31. The highest BCUT2D eigenvalue weighted by Crippen LogP contribution is 2.23. The molecule has 4 nitrogen and oxygen atoms in total. The van der Waals surface area contributed by atoms with Crippen molar-refractivity contribution >= 4 is 28.7 Å². The summed E-state index contributed by atoms with van der Waals surface area (Å²) in [6, 6.07) is 19.4. The maximum absolute atomic E-state index is 13.1. The van der Waals surface area contributed by atoms with Gasteiger partial charge in [0.15, 0.2) is 6.61 Å². The van der Waals surface area contributed by atoms with Crippen molar-refractivity contribution in [2.24, 2.45) is 0 Å². The SMILES string of the molecule is C[C@H](NC(=O)COC(=O)/C=C/c1cccc(F)c1)c1cccc2ccccc12. The number of hydrogen-bond acceptors (Lipinski definition) is 3. The van der Waals surface area contributed by atoms with Gasteiger partial charge in [0.1, 0.15) is 5.82 Å². The second-order valence-electron chi connectivity index (χ2n) is 6.35. The highest BCUT2D eigenvalue weighted by Gasteiger charge is 2.13. The molecule has 3 rings (SSSR count). The zero-order chi connectivity index (χ0) is 19.9. The van der Waals surface area contributed by atoms with Gasteiger partial charge in [-0.2, -0.15) is 0 Å². The van der Waals surface area contributed by atoms with Crippen molar-refractivity contribution in [2.75, 3.05) is 6.61 Å². The van der Waals surface area contributed by atoms with Crippen LogP contribution in [0.3, 0.4) is 0 Å². The van der Waals surface area contributed by atoms with Gasteiger partial charge in [-0.05, 0) is 47.0 Å². The molecule has 3 aromatic rings. The molecule has 0 saturated heterocycles. The Morgan fingerprint density at radius 1 is 1.07 bits per heavy atom. The molecule has 1 atom stereocenters. The van der Waals surface area contributed by atoms with Gasteiger partial charge in [-0.15, -0.1) is 0 Å². The van der Waals surface area contributed by atoms with Crippen LogP contribution in [-0.4, -0.2) is 18.5 Å². The Bertz CT molecular complexity index is 1020. The molecule has 0 saturated carbocycles. The average molecular weight is 377 g/mol. The second-order valence-corrected chi connectivity index (χ2v) is 6.35. The fourth-order valence-corrected chi connectivity index (χ4v) is 2.95.